The number of nitrogens with zero attached hydrogens (tertiary/aromatic N) is 4. The SMILES string of the molecule is O=C1CCC(N2Cc3ccc(-n4cc(C(=O)NC5C6CCCC(F)(F)C65)nn4)cc3C2=O)C(=O)N1. The number of fused-ring (bicyclic) bond motifs is 2. The van der Waals surface area contributed by atoms with Crippen LogP contribution in [0.2, 0.25) is 0 Å². The Labute approximate surface area is 198 Å². The van der Waals surface area contributed by atoms with Gasteiger partial charge in [0.2, 0.25) is 11.8 Å². The summed E-state index contributed by atoms with van der Waals surface area (Å²) in [6.07, 6.45) is 2.82. The summed E-state index contributed by atoms with van der Waals surface area (Å²) in [5.74, 6) is -5.49. The molecule has 3 fully saturated rings. The van der Waals surface area contributed by atoms with Crippen LogP contribution >= 0.6 is 0 Å². The summed E-state index contributed by atoms with van der Waals surface area (Å²) < 4.78 is 29.4. The summed E-state index contributed by atoms with van der Waals surface area (Å²) >= 11 is 0. The standard InChI is InChI=1S/C23H22F2N6O4/c24-23(25)7-1-2-13-18(23)19(13)27-20(33)15-10-31(29-28-15)12-4-3-11-9-30(22(35)14(11)8-12)16-5-6-17(32)26-21(16)34/h3-4,8,10,13,16,18-19H,1-2,5-7,9H2,(H,27,33)(H,26,32,34). The number of piperidine rings is 1. The molecule has 182 valence electrons. The van der Waals surface area contributed by atoms with Gasteiger partial charge in [-0.15, -0.1) is 5.10 Å². The van der Waals surface area contributed by atoms with Gasteiger partial charge in [0.1, 0.15) is 6.04 Å². The number of halogens is 2. The lowest BCUT2D eigenvalue weighted by molar-refractivity contribution is -0.136. The molecule has 0 spiro atoms. The molecule has 6 rings (SSSR count). The summed E-state index contributed by atoms with van der Waals surface area (Å²) in [7, 11) is 0. The first-order chi connectivity index (χ1) is 16.7. The van der Waals surface area contributed by atoms with Gasteiger partial charge < -0.3 is 10.2 Å². The van der Waals surface area contributed by atoms with Gasteiger partial charge in [0.15, 0.2) is 5.69 Å². The van der Waals surface area contributed by atoms with Crippen molar-refractivity contribution in [1.82, 2.24) is 30.5 Å². The lowest BCUT2D eigenvalue weighted by Crippen LogP contribution is -2.52. The van der Waals surface area contributed by atoms with E-state index in [1.165, 1.54) is 15.8 Å². The molecular weight excluding hydrogens is 462 g/mol. The van der Waals surface area contributed by atoms with E-state index < -0.39 is 35.7 Å². The molecule has 4 atom stereocenters. The monoisotopic (exact) mass is 484 g/mol. The van der Waals surface area contributed by atoms with Crippen LogP contribution in [0.15, 0.2) is 24.4 Å². The fourth-order valence-corrected chi connectivity index (χ4v) is 5.65. The number of amides is 4. The van der Waals surface area contributed by atoms with Crippen LogP contribution in [0.3, 0.4) is 0 Å². The Morgan fingerprint density at radius 2 is 2.03 bits per heavy atom. The maximum Gasteiger partial charge on any atom is 0.273 e. The van der Waals surface area contributed by atoms with Crippen LogP contribution in [0.1, 0.15) is 58.5 Å². The van der Waals surface area contributed by atoms with Crippen LogP contribution in [0.25, 0.3) is 5.69 Å². The first-order valence-electron chi connectivity index (χ1n) is 11.6. The summed E-state index contributed by atoms with van der Waals surface area (Å²) in [6, 6.07) is 3.80. The van der Waals surface area contributed by atoms with Crippen molar-refractivity contribution < 1.29 is 28.0 Å². The molecular formula is C23H22F2N6O4. The molecule has 10 nitrogen and oxygen atoms in total. The predicted molar refractivity (Wildman–Crippen MR) is 114 cm³/mol. The van der Waals surface area contributed by atoms with Crippen LogP contribution in [-0.2, 0) is 16.1 Å². The highest BCUT2D eigenvalue weighted by Gasteiger charge is 2.65. The van der Waals surface area contributed by atoms with Crippen LogP contribution in [0, 0.1) is 11.8 Å². The van der Waals surface area contributed by atoms with Gasteiger partial charge in [0, 0.05) is 36.9 Å². The third-order valence-electron chi connectivity index (χ3n) is 7.50. The van der Waals surface area contributed by atoms with Crippen molar-refractivity contribution in [2.45, 2.75) is 56.7 Å². The fraction of sp³-hybridized carbons (Fsp3) is 0.478. The van der Waals surface area contributed by atoms with Crippen molar-refractivity contribution >= 4 is 23.6 Å². The maximum atomic E-state index is 14.0. The lowest BCUT2D eigenvalue weighted by Gasteiger charge is -2.29. The minimum absolute atomic E-state index is 0.00559. The Morgan fingerprint density at radius 3 is 2.80 bits per heavy atom. The summed E-state index contributed by atoms with van der Waals surface area (Å²) in [5.41, 5.74) is 1.62. The highest BCUT2D eigenvalue weighted by molar-refractivity contribution is 6.05. The Hall–Kier alpha value is -3.70. The number of aromatic nitrogens is 3. The van der Waals surface area contributed by atoms with Gasteiger partial charge in [-0.05, 0) is 42.9 Å². The molecule has 0 radical (unpaired) electrons. The third-order valence-corrected chi connectivity index (χ3v) is 7.50. The summed E-state index contributed by atoms with van der Waals surface area (Å²) in [6.45, 7) is 0.250. The molecule has 4 unspecified atom stereocenters. The number of carbonyl (C=O) groups is 4. The fourth-order valence-electron chi connectivity index (χ4n) is 5.65. The number of imide groups is 1. The molecule has 4 amide bonds. The molecule has 1 aromatic carbocycles. The van der Waals surface area contributed by atoms with Gasteiger partial charge in [-0.25, -0.2) is 13.5 Å². The van der Waals surface area contributed by atoms with Gasteiger partial charge in [0.05, 0.1) is 11.9 Å². The predicted octanol–water partition coefficient (Wildman–Crippen LogP) is 1.19. The highest BCUT2D eigenvalue weighted by Crippen LogP contribution is 2.57. The number of hydrogen-bond donors (Lipinski definition) is 2. The minimum Gasteiger partial charge on any atom is -0.347 e. The van der Waals surface area contributed by atoms with E-state index in [9.17, 15) is 28.0 Å². The van der Waals surface area contributed by atoms with E-state index in [1.807, 2.05) is 0 Å². The average Bonchev–Trinajstić information content (AvgIpc) is 3.16. The van der Waals surface area contributed by atoms with Crippen molar-refractivity contribution in [1.29, 1.82) is 0 Å². The normalized spacial score (nSPS) is 28.9. The van der Waals surface area contributed by atoms with Crippen LogP contribution in [0.4, 0.5) is 8.78 Å². The van der Waals surface area contributed by atoms with E-state index in [0.29, 0.717) is 24.1 Å². The first-order valence-corrected chi connectivity index (χ1v) is 11.6. The van der Waals surface area contributed by atoms with Crippen molar-refractivity contribution in [2.75, 3.05) is 0 Å². The van der Waals surface area contributed by atoms with E-state index >= 15 is 0 Å². The molecule has 4 aliphatic rings. The molecule has 2 saturated carbocycles. The van der Waals surface area contributed by atoms with Crippen LogP contribution in [0.5, 0.6) is 0 Å². The molecule has 2 aromatic rings. The van der Waals surface area contributed by atoms with Crippen molar-refractivity contribution in [2.24, 2.45) is 11.8 Å². The smallest absolute Gasteiger partial charge is 0.273 e. The molecule has 3 heterocycles. The summed E-state index contributed by atoms with van der Waals surface area (Å²) in [4.78, 5) is 50.7. The topological polar surface area (TPSA) is 126 Å². The second-order valence-corrected chi connectivity index (χ2v) is 9.63. The van der Waals surface area contributed by atoms with Crippen molar-refractivity contribution in [3.05, 3.63) is 41.2 Å². The quantitative estimate of drug-likeness (QED) is 0.628. The van der Waals surface area contributed by atoms with E-state index in [1.54, 1.807) is 18.2 Å². The number of benzene rings is 1. The third kappa shape index (κ3) is 3.58. The van der Waals surface area contributed by atoms with Crippen LogP contribution < -0.4 is 10.6 Å². The first kappa shape index (κ1) is 21.8. The molecule has 2 aliphatic carbocycles. The minimum atomic E-state index is -2.75. The molecule has 1 aromatic heterocycles. The number of carbonyl (C=O) groups excluding carboxylic acids is 4. The number of alkyl halides is 2. The van der Waals surface area contributed by atoms with Crippen LogP contribution in [-0.4, -0.2) is 61.5 Å². The second-order valence-electron chi connectivity index (χ2n) is 9.63. The Bertz CT molecular complexity index is 1280. The molecule has 0 bridgehead atoms. The number of nitrogens with one attached hydrogen (secondary N) is 2. The second kappa shape index (κ2) is 7.65. The zero-order valence-corrected chi connectivity index (χ0v) is 18.5. The lowest BCUT2D eigenvalue weighted by atomic mass is 9.97. The zero-order valence-electron chi connectivity index (χ0n) is 18.5. The van der Waals surface area contributed by atoms with Gasteiger partial charge in [-0.1, -0.05) is 11.3 Å². The number of hydrogen-bond acceptors (Lipinski definition) is 6. The Kier molecular flexibility index (Phi) is 4.77. The van der Waals surface area contributed by atoms with Gasteiger partial charge in [-0.2, -0.15) is 0 Å². The molecule has 12 heteroatoms. The molecule has 1 saturated heterocycles. The van der Waals surface area contributed by atoms with E-state index in [2.05, 4.69) is 20.9 Å². The van der Waals surface area contributed by atoms with Gasteiger partial charge >= 0.3 is 0 Å². The Morgan fingerprint density at radius 1 is 1.20 bits per heavy atom. The molecule has 35 heavy (non-hydrogen) atoms. The molecule has 2 aliphatic heterocycles. The Balaban J connectivity index is 1.16. The zero-order chi connectivity index (χ0) is 24.5. The average molecular weight is 484 g/mol. The van der Waals surface area contributed by atoms with E-state index in [-0.39, 0.29) is 49.2 Å². The summed E-state index contributed by atoms with van der Waals surface area (Å²) in [5, 5.41) is 12.8. The van der Waals surface area contributed by atoms with Crippen molar-refractivity contribution in [3.8, 4) is 5.69 Å². The number of rotatable bonds is 4. The highest BCUT2D eigenvalue weighted by atomic mass is 19.3. The van der Waals surface area contributed by atoms with Gasteiger partial charge in [0.25, 0.3) is 17.7 Å². The molecule has 2 N–H and O–H groups in total. The van der Waals surface area contributed by atoms with Crippen molar-refractivity contribution in [3.63, 3.8) is 0 Å². The van der Waals surface area contributed by atoms with E-state index in [4.69, 9.17) is 0 Å². The largest absolute Gasteiger partial charge is 0.347 e. The van der Waals surface area contributed by atoms with E-state index in [0.717, 1.165) is 5.56 Å². The maximum absolute atomic E-state index is 14.0. The van der Waals surface area contributed by atoms with Gasteiger partial charge in [-0.3, -0.25) is 24.5 Å².